The van der Waals surface area contributed by atoms with E-state index in [1.165, 1.54) is 18.6 Å². The molecule has 32 heavy (non-hydrogen) atoms. The number of hydrogen-bond donors (Lipinski definition) is 3. The number of carbonyl (C=O) groups is 2. The summed E-state index contributed by atoms with van der Waals surface area (Å²) in [6.07, 6.45) is 6.00. The normalized spacial score (nSPS) is 15.2. The first-order valence-electron chi connectivity index (χ1n) is 10.1. The quantitative estimate of drug-likeness (QED) is 0.497. The second-order valence-electron chi connectivity index (χ2n) is 7.47. The van der Waals surface area contributed by atoms with Crippen LogP contribution in [0.4, 0.5) is 5.13 Å². The van der Waals surface area contributed by atoms with Crippen molar-refractivity contribution in [2.45, 2.75) is 32.7 Å². The van der Waals surface area contributed by atoms with Crippen molar-refractivity contribution >= 4 is 39.9 Å². The van der Waals surface area contributed by atoms with Crippen LogP contribution in [0.1, 0.15) is 36.4 Å². The molecular weight excluding hydrogens is 452 g/mol. The lowest BCUT2D eigenvalue weighted by molar-refractivity contribution is -0.120. The number of anilines is 1. The Morgan fingerprint density at radius 2 is 2.03 bits per heavy atom. The van der Waals surface area contributed by atoms with Crippen molar-refractivity contribution in [3.8, 4) is 11.4 Å². The maximum absolute atomic E-state index is 12.3. The van der Waals surface area contributed by atoms with Crippen LogP contribution in [0.15, 0.2) is 41.5 Å². The predicted molar refractivity (Wildman–Crippen MR) is 125 cm³/mol. The highest BCUT2D eigenvalue weighted by molar-refractivity contribution is 7.17. The van der Waals surface area contributed by atoms with E-state index in [4.69, 9.17) is 11.6 Å². The van der Waals surface area contributed by atoms with Gasteiger partial charge in [-0.1, -0.05) is 29.5 Å². The first-order chi connectivity index (χ1) is 15.3. The number of amides is 1. The summed E-state index contributed by atoms with van der Waals surface area (Å²) in [4.78, 5) is 38.8. The minimum Gasteiger partial charge on any atom is -0.477 e. The molecule has 1 amide bonds. The minimum absolute atomic E-state index is 0.0415. The van der Waals surface area contributed by atoms with Gasteiger partial charge in [-0.25, -0.2) is 9.78 Å². The Kier molecular flexibility index (Phi) is 7.81. The molecule has 1 aliphatic rings. The molecular formula is C21H25ClN6O3S. The number of rotatable bonds is 8. The van der Waals surface area contributed by atoms with Crippen LogP contribution in [0.25, 0.3) is 11.4 Å². The lowest BCUT2D eigenvalue weighted by Gasteiger charge is -2.32. The van der Waals surface area contributed by atoms with Crippen LogP contribution >= 0.6 is 22.9 Å². The maximum Gasteiger partial charge on any atom is 0.348 e. The van der Waals surface area contributed by atoms with Crippen molar-refractivity contribution in [1.82, 2.24) is 25.6 Å². The number of carbonyl (C=O) groups excluding carboxylic acids is 1. The fraction of sp³-hybridized carbons (Fsp3) is 0.381. The standard InChI is InChI=1S/C21H25ClN6O3S/c1-12(2)17(22)13(3)25-11-16(29)26-14-4-8-28(9-5-14)21-27-18(19(32-21)20(30)31)15-10-23-6-7-24-15/h6-7,10,14,25H,1,4-5,8-9,11H2,2-3H3,(H,26,29)(H,30,31)/b17-13+. The van der Waals surface area contributed by atoms with Crippen LogP contribution in [0.2, 0.25) is 0 Å². The molecule has 3 N–H and O–H groups in total. The van der Waals surface area contributed by atoms with Gasteiger partial charge in [0.25, 0.3) is 0 Å². The second kappa shape index (κ2) is 10.6. The highest BCUT2D eigenvalue weighted by atomic mass is 35.5. The van der Waals surface area contributed by atoms with Gasteiger partial charge in [0.05, 0.1) is 17.8 Å². The molecule has 1 fully saturated rings. The Bertz CT molecular complexity index is 1030. The molecule has 170 valence electrons. The van der Waals surface area contributed by atoms with Crippen molar-refractivity contribution in [3.63, 3.8) is 0 Å². The van der Waals surface area contributed by atoms with Gasteiger partial charge in [-0.15, -0.1) is 0 Å². The topological polar surface area (TPSA) is 120 Å². The number of allylic oxidation sites excluding steroid dienone is 3. The number of piperidine rings is 1. The van der Waals surface area contributed by atoms with Crippen LogP contribution < -0.4 is 15.5 Å². The van der Waals surface area contributed by atoms with Crippen LogP contribution in [0.5, 0.6) is 0 Å². The zero-order valence-corrected chi connectivity index (χ0v) is 19.5. The zero-order valence-electron chi connectivity index (χ0n) is 17.9. The number of thiazole rings is 1. The largest absolute Gasteiger partial charge is 0.477 e. The van der Waals surface area contributed by atoms with Crippen molar-refractivity contribution in [1.29, 1.82) is 0 Å². The molecule has 2 aromatic rings. The Morgan fingerprint density at radius 1 is 1.31 bits per heavy atom. The summed E-state index contributed by atoms with van der Waals surface area (Å²) in [7, 11) is 0. The van der Waals surface area contributed by atoms with E-state index in [9.17, 15) is 14.7 Å². The molecule has 3 heterocycles. The molecule has 11 heteroatoms. The molecule has 0 bridgehead atoms. The van der Waals surface area contributed by atoms with E-state index in [2.05, 4.69) is 32.2 Å². The van der Waals surface area contributed by atoms with Gasteiger partial charge >= 0.3 is 5.97 Å². The van der Waals surface area contributed by atoms with Crippen LogP contribution in [-0.2, 0) is 4.79 Å². The molecule has 9 nitrogen and oxygen atoms in total. The molecule has 0 saturated carbocycles. The number of hydrogen-bond acceptors (Lipinski definition) is 8. The lowest BCUT2D eigenvalue weighted by atomic mass is 10.1. The zero-order chi connectivity index (χ0) is 23.3. The van der Waals surface area contributed by atoms with Gasteiger partial charge in [0.15, 0.2) is 5.13 Å². The van der Waals surface area contributed by atoms with E-state index in [0.717, 1.165) is 29.8 Å². The van der Waals surface area contributed by atoms with Gasteiger partial charge in [0, 0.05) is 37.2 Å². The third kappa shape index (κ3) is 5.83. The average Bonchev–Trinajstić information content (AvgIpc) is 3.24. The number of halogens is 1. The van der Waals surface area contributed by atoms with Crippen LogP contribution in [0, 0.1) is 0 Å². The number of carboxylic acids is 1. The molecule has 1 saturated heterocycles. The molecule has 0 aromatic carbocycles. The fourth-order valence-electron chi connectivity index (χ4n) is 3.29. The number of aromatic nitrogens is 3. The van der Waals surface area contributed by atoms with Crippen molar-refractivity contribution in [2.24, 2.45) is 0 Å². The Morgan fingerprint density at radius 3 is 2.62 bits per heavy atom. The lowest BCUT2D eigenvalue weighted by Crippen LogP contribution is -2.46. The molecule has 0 spiro atoms. The van der Waals surface area contributed by atoms with Crippen LogP contribution in [-0.4, -0.2) is 57.6 Å². The van der Waals surface area contributed by atoms with Gasteiger partial charge in [-0.3, -0.25) is 14.8 Å². The van der Waals surface area contributed by atoms with Crippen LogP contribution in [0.3, 0.4) is 0 Å². The van der Waals surface area contributed by atoms with E-state index in [1.54, 1.807) is 13.8 Å². The van der Waals surface area contributed by atoms with Gasteiger partial charge < -0.3 is 20.6 Å². The van der Waals surface area contributed by atoms with E-state index in [0.29, 0.717) is 40.3 Å². The summed E-state index contributed by atoms with van der Waals surface area (Å²) in [5, 5.41) is 16.8. The highest BCUT2D eigenvalue weighted by Crippen LogP contribution is 2.33. The van der Waals surface area contributed by atoms with Crippen molar-refractivity contribution in [3.05, 3.63) is 46.3 Å². The summed E-state index contributed by atoms with van der Waals surface area (Å²) in [5.41, 5.74) is 2.20. The predicted octanol–water partition coefficient (Wildman–Crippen LogP) is 3.02. The summed E-state index contributed by atoms with van der Waals surface area (Å²) in [6, 6.07) is 0.0415. The van der Waals surface area contributed by atoms with E-state index < -0.39 is 5.97 Å². The molecule has 0 atom stereocenters. The summed E-state index contributed by atoms with van der Waals surface area (Å²) >= 11 is 7.24. The van der Waals surface area contributed by atoms with Gasteiger partial charge in [0.1, 0.15) is 16.3 Å². The van der Waals surface area contributed by atoms with Gasteiger partial charge in [-0.05, 0) is 32.3 Å². The Hall–Kier alpha value is -2.98. The van der Waals surface area contributed by atoms with Gasteiger partial charge in [0.2, 0.25) is 5.91 Å². The second-order valence-corrected chi connectivity index (χ2v) is 8.83. The monoisotopic (exact) mass is 476 g/mol. The molecule has 3 rings (SSSR count). The smallest absolute Gasteiger partial charge is 0.348 e. The number of nitrogens with zero attached hydrogens (tertiary/aromatic N) is 4. The summed E-state index contributed by atoms with van der Waals surface area (Å²) in [5.74, 6) is -1.15. The molecule has 0 radical (unpaired) electrons. The van der Waals surface area contributed by atoms with E-state index in [-0.39, 0.29) is 23.4 Å². The average molecular weight is 477 g/mol. The maximum atomic E-state index is 12.3. The first-order valence-corrected chi connectivity index (χ1v) is 11.3. The van der Waals surface area contributed by atoms with E-state index in [1.807, 2.05) is 4.90 Å². The molecule has 2 aromatic heterocycles. The molecule has 1 aliphatic heterocycles. The number of nitrogens with one attached hydrogen (secondary N) is 2. The summed E-state index contributed by atoms with van der Waals surface area (Å²) < 4.78 is 0. The third-order valence-corrected chi connectivity index (χ3v) is 6.67. The first kappa shape index (κ1) is 23.7. The third-order valence-electron chi connectivity index (χ3n) is 4.96. The fourth-order valence-corrected chi connectivity index (χ4v) is 4.32. The van der Waals surface area contributed by atoms with Gasteiger partial charge in [-0.2, -0.15) is 0 Å². The number of carboxylic acid groups (broad SMARTS) is 1. The molecule has 0 aliphatic carbocycles. The minimum atomic E-state index is -1.04. The van der Waals surface area contributed by atoms with Crippen molar-refractivity contribution in [2.75, 3.05) is 24.5 Å². The SMILES string of the molecule is C=C(C)/C(Cl)=C(/C)NCC(=O)NC1CCN(c2nc(-c3cnccn3)c(C(=O)O)s2)CC1. The Balaban J connectivity index is 1.57. The Labute approximate surface area is 195 Å². The van der Waals surface area contributed by atoms with E-state index >= 15 is 0 Å². The highest BCUT2D eigenvalue weighted by Gasteiger charge is 2.26. The van der Waals surface area contributed by atoms with Crippen molar-refractivity contribution < 1.29 is 14.7 Å². The summed E-state index contributed by atoms with van der Waals surface area (Å²) in [6.45, 7) is 8.84. The number of aromatic carboxylic acids is 1. The molecule has 0 unspecified atom stereocenters.